The molecule has 0 atom stereocenters. The van der Waals surface area contributed by atoms with E-state index in [0.29, 0.717) is 41.4 Å². The van der Waals surface area contributed by atoms with Gasteiger partial charge in [-0.05, 0) is 47.5 Å². The van der Waals surface area contributed by atoms with Crippen LogP contribution in [0.1, 0.15) is 21.5 Å². The van der Waals surface area contributed by atoms with E-state index in [1.165, 1.54) is 12.1 Å². The average molecular weight is 463 g/mol. The molecule has 172 valence electrons. The molecule has 1 heterocycles. The summed E-state index contributed by atoms with van der Waals surface area (Å²) in [5.74, 6) is 0.413. The SMILES string of the molecule is O=C(c1ccccc1-c1ncc(-c2ccc(F)cc2)o1)N(Cc1ccccc1)Cc1ccccc1. The first-order valence-corrected chi connectivity index (χ1v) is 11.4. The standard InChI is InChI=1S/C30H23FN2O2/c31-25-17-15-24(16-18-25)28-19-32-29(35-28)26-13-7-8-14-27(26)30(34)33(20-22-9-3-1-4-10-22)21-23-11-5-2-6-12-23/h1-19H,20-21H2. The van der Waals surface area contributed by atoms with Crippen LogP contribution in [0.3, 0.4) is 0 Å². The highest BCUT2D eigenvalue weighted by atomic mass is 19.1. The molecule has 0 fully saturated rings. The summed E-state index contributed by atoms with van der Waals surface area (Å²) in [5.41, 5.74) is 3.92. The van der Waals surface area contributed by atoms with Gasteiger partial charge in [0.25, 0.3) is 5.91 Å². The van der Waals surface area contributed by atoms with Gasteiger partial charge in [-0.2, -0.15) is 0 Å². The van der Waals surface area contributed by atoms with Crippen molar-refractivity contribution in [3.8, 4) is 22.8 Å². The third-order valence-corrected chi connectivity index (χ3v) is 5.74. The Morgan fingerprint density at radius 1 is 0.743 bits per heavy atom. The molecule has 0 saturated carbocycles. The number of aromatic nitrogens is 1. The summed E-state index contributed by atoms with van der Waals surface area (Å²) in [4.78, 5) is 20.1. The van der Waals surface area contributed by atoms with E-state index in [-0.39, 0.29) is 11.7 Å². The molecule has 1 amide bonds. The van der Waals surface area contributed by atoms with Crippen LogP contribution in [0.25, 0.3) is 22.8 Å². The second kappa shape index (κ2) is 10.2. The van der Waals surface area contributed by atoms with Crippen LogP contribution in [0.2, 0.25) is 0 Å². The van der Waals surface area contributed by atoms with E-state index in [2.05, 4.69) is 4.98 Å². The summed E-state index contributed by atoms with van der Waals surface area (Å²) in [7, 11) is 0. The highest BCUT2D eigenvalue weighted by Crippen LogP contribution is 2.29. The molecule has 4 aromatic carbocycles. The van der Waals surface area contributed by atoms with Crippen molar-refractivity contribution in [2.75, 3.05) is 0 Å². The molecule has 5 heteroatoms. The van der Waals surface area contributed by atoms with Gasteiger partial charge in [-0.3, -0.25) is 4.79 Å². The second-order valence-corrected chi connectivity index (χ2v) is 8.21. The second-order valence-electron chi connectivity index (χ2n) is 8.21. The molecule has 0 bridgehead atoms. The van der Waals surface area contributed by atoms with Crippen molar-refractivity contribution in [3.05, 3.63) is 138 Å². The molecule has 5 rings (SSSR count). The van der Waals surface area contributed by atoms with Crippen LogP contribution >= 0.6 is 0 Å². The Morgan fingerprint density at radius 3 is 1.94 bits per heavy atom. The summed E-state index contributed by atoms with van der Waals surface area (Å²) in [6.07, 6.45) is 1.59. The molecule has 0 spiro atoms. The van der Waals surface area contributed by atoms with Crippen LogP contribution in [0, 0.1) is 5.82 Å². The third kappa shape index (κ3) is 5.20. The minimum Gasteiger partial charge on any atom is -0.436 e. The maximum absolute atomic E-state index is 13.9. The van der Waals surface area contributed by atoms with E-state index in [1.54, 1.807) is 24.4 Å². The number of carbonyl (C=O) groups is 1. The van der Waals surface area contributed by atoms with Crippen molar-refractivity contribution < 1.29 is 13.6 Å². The van der Waals surface area contributed by atoms with E-state index < -0.39 is 0 Å². The smallest absolute Gasteiger partial charge is 0.255 e. The van der Waals surface area contributed by atoms with Crippen molar-refractivity contribution >= 4 is 5.91 Å². The zero-order valence-electron chi connectivity index (χ0n) is 19.0. The summed E-state index contributed by atoms with van der Waals surface area (Å²) < 4.78 is 19.3. The lowest BCUT2D eigenvalue weighted by Crippen LogP contribution is -2.30. The molecule has 0 unspecified atom stereocenters. The van der Waals surface area contributed by atoms with Gasteiger partial charge in [-0.15, -0.1) is 0 Å². The van der Waals surface area contributed by atoms with Gasteiger partial charge in [0.15, 0.2) is 5.76 Å². The van der Waals surface area contributed by atoms with Gasteiger partial charge in [0.1, 0.15) is 5.82 Å². The largest absolute Gasteiger partial charge is 0.436 e. The molecule has 5 aromatic rings. The van der Waals surface area contributed by atoms with Crippen molar-refractivity contribution in [1.82, 2.24) is 9.88 Å². The Labute approximate surface area is 203 Å². The minimum atomic E-state index is -0.318. The van der Waals surface area contributed by atoms with Crippen molar-refractivity contribution in [2.45, 2.75) is 13.1 Å². The molecule has 0 saturated heterocycles. The monoisotopic (exact) mass is 462 g/mol. The molecule has 0 radical (unpaired) electrons. The summed E-state index contributed by atoms with van der Waals surface area (Å²) in [5, 5.41) is 0. The van der Waals surface area contributed by atoms with Crippen LogP contribution in [-0.2, 0) is 13.1 Å². The molecular formula is C30H23FN2O2. The number of oxazole rings is 1. The topological polar surface area (TPSA) is 46.3 Å². The van der Waals surface area contributed by atoms with Crippen molar-refractivity contribution in [3.63, 3.8) is 0 Å². The van der Waals surface area contributed by atoms with Gasteiger partial charge in [0.2, 0.25) is 5.89 Å². The van der Waals surface area contributed by atoms with Gasteiger partial charge < -0.3 is 9.32 Å². The molecule has 0 aliphatic heterocycles. The van der Waals surface area contributed by atoms with Crippen LogP contribution < -0.4 is 0 Å². The highest BCUT2D eigenvalue weighted by molar-refractivity contribution is 6.00. The number of halogens is 1. The normalized spacial score (nSPS) is 10.8. The minimum absolute atomic E-state index is 0.116. The van der Waals surface area contributed by atoms with Crippen molar-refractivity contribution in [1.29, 1.82) is 0 Å². The lowest BCUT2D eigenvalue weighted by Gasteiger charge is -2.24. The average Bonchev–Trinajstić information content (AvgIpc) is 3.40. The molecule has 35 heavy (non-hydrogen) atoms. The lowest BCUT2D eigenvalue weighted by molar-refractivity contribution is 0.0730. The van der Waals surface area contributed by atoms with Gasteiger partial charge in [-0.25, -0.2) is 9.37 Å². The zero-order valence-corrected chi connectivity index (χ0v) is 19.0. The maximum atomic E-state index is 13.9. The number of hydrogen-bond donors (Lipinski definition) is 0. The third-order valence-electron chi connectivity index (χ3n) is 5.74. The number of benzene rings is 4. The molecule has 0 aliphatic carbocycles. The Morgan fingerprint density at radius 2 is 1.31 bits per heavy atom. The Bertz CT molecular complexity index is 1370. The number of nitrogens with zero attached hydrogens (tertiary/aromatic N) is 2. The first-order valence-electron chi connectivity index (χ1n) is 11.4. The van der Waals surface area contributed by atoms with E-state index >= 15 is 0 Å². The summed E-state index contributed by atoms with van der Waals surface area (Å²) >= 11 is 0. The number of carbonyl (C=O) groups excluding carboxylic acids is 1. The van der Waals surface area contributed by atoms with Crippen LogP contribution in [0.4, 0.5) is 4.39 Å². The number of amides is 1. The Balaban J connectivity index is 1.48. The Kier molecular flexibility index (Phi) is 6.48. The Hall–Kier alpha value is -4.51. The van der Waals surface area contributed by atoms with Gasteiger partial charge >= 0.3 is 0 Å². The molecular weight excluding hydrogens is 439 g/mol. The fraction of sp³-hybridized carbons (Fsp3) is 0.0667. The summed E-state index contributed by atoms with van der Waals surface area (Å²) in [6.45, 7) is 0.935. The van der Waals surface area contributed by atoms with Crippen LogP contribution in [0.15, 0.2) is 120 Å². The maximum Gasteiger partial charge on any atom is 0.255 e. The molecule has 1 aromatic heterocycles. The van der Waals surface area contributed by atoms with Gasteiger partial charge in [0, 0.05) is 24.2 Å². The lowest BCUT2D eigenvalue weighted by atomic mass is 10.0. The predicted molar refractivity (Wildman–Crippen MR) is 134 cm³/mol. The van der Waals surface area contributed by atoms with E-state index in [0.717, 1.165) is 11.1 Å². The molecule has 0 aliphatic rings. The van der Waals surface area contributed by atoms with E-state index in [4.69, 9.17) is 4.42 Å². The van der Waals surface area contributed by atoms with E-state index in [9.17, 15) is 9.18 Å². The highest BCUT2D eigenvalue weighted by Gasteiger charge is 2.22. The number of hydrogen-bond acceptors (Lipinski definition) is 3. The van der Waals surface area contributed by atoms with Gasteiger partial charge in [-0.1, -0.05) is 72.8 Å². The quantitative estimate of drug-likeness (QED) is 0.262. The van der Waals surface area contributed by atoms with Gasteiger partial charge in [0.05, 0.1) is 11.8 Å². The predicted octanol–water partition coefficient (Wildman–Crippen LogP) is 6.99. The fourth-order valence-electron chi connectivity index (χ4n) is 3.98. The van der Waals surface area contributed by atoms with Crippen LogP contribution in [0.5, 0.6) is 0 Å². The molecule has 0 N–H and O–H groups in total. The first-order chi connectivity index (χ1) is 17.2. The van der Waals surface area contributed by atoms with Crippen LogP contribution in [-0.4, -0.2) is 15.8 Å². The fourth-order valence-corrected chi connectivity index (χ4v) is 3.98. The van der Waals surface area contributed by atoms with E-state index in [1.807, 2.05) is 83.8 Å². The summed E-state index contributed by atoms with van der Waals surface area (Å²) in [6, 6.07) is 33.2. The first kappa shape index (κ1) is 22.3. The van der Waals surface area contributed by atoms with Crippen molar-refractivity contribution in [2.24, 2.45) is 0 Å². The molecule has 4 nitrogen and oxygen atoms in total. The number of rotatable bonds is 7. The zero-order chi connectivity index (χ0) is 24.0.